The highest BCUT2D eigenvalue weighted by molar-refractivity contribution is 6.02. The van der Waals surface area contributed by atoms with Gasteiger partial charge in [0.25, 0.3) is 11.8 Å². The van der Waals surface area contributed by atoms with Crippen molar-refractivity contribution in [3.05, 3.63) is 35.9 Å². The summed E-state index contributed by atoms with van der Waals surface area (Å²) in [5, 5.41) is 5.74. The summed E-state index contributed by atoms with van der Waals surface area (Å²) in [5.41, 5.74) is 0.462. The normalized spacial score (nSPS) is 17.6. The van der Waals surface area contributed by atoms with Gasteiger partial charge in [0.15, 0.2) is 5.69 Å². The molecule has 1 aliphatic rings. The number of ether oxygens (including phenoxy) is 1. The number of carbonyl (C=O) groups is 2. The molecule has 0 radical (unpaired) electrons. The van der Waals surface area contributed by atoms with Crippen LogP contribution in [0.4, 0.5) is 0 Å². The first-order chi connectivity index (χ1) is 11.8. The maximum absolute atomic E-state index is 12.6. The van der Waals surface area contributed by atoms with E-state index in [1.807, 2.05) is 26.8 Å². The molecule has 1 unspecified atom stereocenters. The van der Waals surface area contributed by atoms with Gasteiger partial charge in [-0.25, -0.2) is 4.98 Å². The first-order valence-electron chi connectivity index (χ1n) is 8.54. The lowest BCUT2D eigenvalue weighted by Gasteiger charge is -2.19. The number of carbonyl (C=O) groups excluding carboxylic acids is 2. The largest absolute Gasteiger partial charge is 0.376 e. The van der Waals surface area contributed by atoms with Crippen LogP contribution in [0.3, 0.4) is 0 Å². The van der Waals surface area contributed by atoms with Crippen LogP contribution < -0.4 is 10.6 Å². The van der Waals surface area contributed by atoms with Crippen LogP contribution in [0.25, 0.3) is 5.52 Å². The predicted molar refractivity (Wildman–Crippen MR) is 93.7 cm³/mol. The number of nitrogens with zero attached hydrogens (tertiary/aromatic N) is 2. The molecule has 0 saturated carbocycles. The standard InChI is InChI=1S/C18H24N4O3/c1-18(2,3)21-17(24)15-20-14(13-8-4-5-9-22(13)15)16(23)19-11-12-7-6-10-25-12/h4-5,8-9,12H,6-7,10-11H2,1-3H3,(H,19,23)(H,21,24). The van der Waals surface area contributed by atoms with Crippen LogP contribution in [-0.2, 0) is 4.74 Å². The lowest BCUT2D eigenvalue weighted by Crippen LogP contribution is -2.41. The number of hydrogen-bond acceptors (Lipinski definition) is 4. The third-order valence-electron chi connectivity index (χ3n) is 3.97. The molecule has 0 aromatic carbocycles. The third kappa shape index (κ3) is 3.99. The Bertz CT molecular complexity index is 785. The van der Waals surface area contributed by atoms with Crippen molar-refractivity contribution in [3.8, 4) is 0 Å². The second-order valence-corrected chi connectivity index (χ2v) is 7.29. The quantitative estimate of drug-likeness (QED) is 0.885. The Hall–Kier alpha value is -2.41. The van der Waals surface area contributed by atoms with Gasteiger partial charge in [0.05, 0.1) is 11.6 Å². The van der Waals surface area contributed by atoms with Crippen LogP contribution in [-0.4, -0.2) is 46.0 Å². The van der Waals surface area contributed by atoms with Crippen LogP contribution in [0.15, 0.2) is 24.4 Å². The summed E-state index contributed by atoms with van der Waals surface area (Å²) in [6.45, 7) is 6.89. The number of pyridine rings is 1. The fourth-order valence-electron chi connectivity index (χ4n) is 2.86. The Morgan fingerprint density at radius 2 is 2.12 bits per heavy atom. The zero-order valence-electron chi connectivity index (χ0n) is 14.8. The highest BCUT2D eigenvalue weighted by Gasteiger charge is 2.25. The molecule has 3 heterocycles. The van der Waals surface area contributed by atoms with E-state index in [1.165, 1.54) is 0 Å². The summed E-state index contributed by atoms with van der Waals surface area (Å²) in [7, 11) is 0. The van der Waals surface area contributed by atoms with Crippen molar-refractivity contribution in [2.75, 3.05) is 13.2 Å². The highest BCUT2D eigenvalue weighted by atomic mass is 16.5. The lowest BCUT2D eigenvalue weighted by atomic mass is 10.1. The Morgan fingerprint density at radius 3 is 2.80 bits per heavy atom. The van der Waals surface area contributed by atoms with E-state index >= 15 is 0 Å². The Labute approximate surface area is 146 Å². The average molecular weight is 344 g/mol. The maximum atomic E-state index is 12.6. The van der Waals surface area contributed by atoms with Crippen molar-refractivity contribution >= 4 is 17.3 Å². The van der Waals surface area contributed by atoms with Gasteiger partial charge in [0.2, 0.25) is 5.82 Å². The minimum Gasteiger partial charge on any atom is -0.376 e. The Morgan fingerprint density at radius 1 is 1.32 bits per heavy atom. The number of fused-ring (bicyclic) bond motifs is 1. The summed E-state index contributed by atoms with van der Waals surface area (Å²) >= 11 is 0. The van der Waals surface area contributed by atoms with E-state index in [-0.39, 0.29) is 35.0 Å². The summed E-state index contributed by atoms with van der Waals surface area (Å²) in [6, 6.07) is 5.40. The summed E-state index contributed by atoms with van der Waals surface area (Å²) in [5.74, 6) is -0.409. The molecule has 1 fully saturated rings. The molecule has 0 bridgehead atoms. The number of amides is 2. The van der Waals surface area contributed by atoms with Gasteiger partial charge in [-0.15, -0.1) is 0 Å². The molecule has 25 heavy (non-hydrogen) atoms. The molecule has 1 atom stereocenters. The molecule has 7 heteroatoms. The topological polar surface area (TPSA) is 84.7 Å². The van der Waals surface area contributed by atoms with Gasteiger partial charge in [-0.2, -0.15) is 0 Å². The van der Waals surface area contributed by atoms with Crippen LogP contribution >= 0.6 is 0 Å². The molecular weight excluding hydrogens is 320 g/mol. The second kappa shape index (κ2) is 6.84. The van der Waals surface area contributed by atoms with Gasteiger partial charge in [-0.3, -0.25) is 14.0 Å². The fourth-order valence-corrected chi connectivity index (χ4v) is 2.86. The van der Waals surface area contributed by atoms with Crippen molar-refractivity contribution < 1.29 is 14.3 Å². The number of nitrogens with one attached hydrogen (secondary N) is 2. The van der Waals surface area contributed by atoms with E-state index in [4.69, 9.17) is 4.74 Å². The van der Waals surface area contributed by atoms with Gasteiger partial charge >= 0.3 is 0 Å². The minimum absolute atomic E-state index is 0.0569. The van der Waals surface area contributed by atoms with E-state index < -0.39 is 0 Å². The van der Waals surface area contributed by atoms with Gasteiger partial charge in [-0.05, 0) is 45.7 Å². The van der Waals surface area contributed by atoms with Crippen LogP contribution in [0.5, 0.6) is 0 Å². The number of aromatic nitrogens is 2. The van der Waals surface area contributed by atoms with E-state index in [0.717, 1.165) is 19.4 Å². The number of hydrogen-bond donors (Lipinski definition) is 2. The monoisotopic (exact) mass is 344 g/mol. The van der Waals surface area contributed by atoms with E-state index in [9.17, 15) is 9.59 Å². The molecule has 1 saturated heterocycles. The molecule has 2 N–H and O–H groups in total. The van der Waals surface area contributed by atoms with E-state index in [1.54, 1.807) is 22.7 Å². The van der Waals surface area contributed by atoms with E-state index in [2.05, 4.69) is 15.6 Å². The van der Waals surface area contributed by atoms with Crippen LogP contribution in [0.2, 0.25) is 0 Å². The Balaban J connectivity index is 1.85. The third-order valence-corrected chi connectivity index (χ3v) is 3.97. The molecule has 134 valence electrons. The molecule has 7 nitrogen and oxygen atoms in total. The number of imidazole rings is 1. The lowest BCUT2D eigenvalue weighted by molar-refractivity contribution is 0.0855. The SMILES string of the molecule is CC(C)(C)NC(=O)c1nc(C(=O)NCC2CCCO2)c2ccccn12. The molecule has 2 aromatic heterocycles. The van der Waals surface area contributed by atoms with Gasteiger partial charge < -0.3 is 15.4 Å². The summed E-state index contributed by atoms with van der Waals surface area (Å²) < 4.78 is 7.16. The van der Waals surface area contributed by atoms with Crippen molar-refractivity contribution in [3.63, 3.8) is 0 Å². The number of rotatable bonds is 4. The summed E-state index contributed by atoms with van der Waals surface area (Å²) in [6.07, 6.45) is 3.76. The van der Waals surface area contributed by atoms with Crippen molar-refractivity contribution in [1.29, 1.82) is 0 Å². The molecule has 2 aromatic rings. The summed E-state index contributed by atoms with van der Waals surface area (Å²) in [4.78, 5) is 29.4. The predicted octanol–water partition coefficient (Wildman–Crippen LogP) is 1.77. The van der Waals surface area contributed by atoms with Crippen molar-refractivity contribution in [2.24, 2.45) is 0 Å². The molecule has 2 amide bonds. The van der Waals surface area contributed by atoms with Crippen LogP contribution in [0, 0.1) is 0 Å². The van der Waals surface area contributed by atoms with Crippen LogP contribution in [0.1, 0.15) is 54.7 Å². The highest BCUT2D eigenvalue weighted by Crippen LogP contribution is 2.15. The first-order valence-corrected chi connectivity index (χ1v) is 8.54. The first kappa shape index (κ1) is 17.4. The second-order valence-electron chi connectivity index (χ2n) is 7.29. The van der Waals surface area contributed by atoms with Gasteiger partial charge in [0.1, 0.15) is 0 Å². The maximum Gasteiger partial charge on any atom is 0.288 e. The average Bonchev–Trinajstić information content (AvgIpc) is 3.18. The molecule has 0 aliphatic carbocycles. The molecule has 3 rings (SSSR count). The molecular formula is C18H24N4O3. The molecule has 1 aliphatic heterocycles. The van der Waals surface area contributed by atoms with Crippen molar-refractivity contribution in [2.45, 2.75) is 45.3 Å². The van der Waals surface area contributed by atoms with Gasteiger partial charge in [-0.1, -0.05) is 6.07 Å². The minimum atomic E-state index is -0.389. The Kier molecular flexibility index (Phi) is 4.76. The van der Waals surface area contributed by atoms with E-state index in [0.29, 0.717) is 12.1 Å². The zero-order valence-corrected chi connectivity index (χ0v) is 14.8. The fraction of sp³-hybridized carbons (Fsp3) is 0.500. The zero-order chi connectivity index (χ0) is 18.0. The molecule has 0 spiro atoms. The smallest absolute Gasteiger partial charge is 0.288 e. The van der Waals surface area contributed by atoms with Gasteiger partial charge in [0, 0.05) is 24.9 Å². The van der Waals surface area contributed by atoms with Crippen molar-refractivity contribution in [1.82, 2.24) is 20.0 Å².